The molecule has 0 aliphatic carbocycles. The van der Waals surface area contributed by atoms with E-state index in [1.54, 1.807) is 0 Å². The average Bonchev–Trinajstić information content (AvgIpc) is 2.96. The van der Waals surface area contributed by atoms with Crippen LogP contribution in [0.3, 0.4) is 0 Å². The highest BCUT2D eigenvalue weighted by atomic mass is 79.9. The van der Waals surface area contributed by atoms with Crippen molar-refractivity contribution in [1.82, 2.24) is 0 Å². The van der Waals surface area contributed by atoms with E-state index < -0.39 is 0 Å². The van der Waals surface area contributed by atoms with Crippen LogP contribution in [0.1, 0.15) is 16.7 Å². The summed E-state index contributed by atoms with van der Waals surface area (Å²) < 4.78 is 6.95. The summed E-state index contributed by atoms with van der Waals surface area (Å²) in [6.45, 7) is 1.49. The van der Waals surface area contributed by atoms with Crippen LogP contribution in [0.25, 0.3) is 0 Å². The summed E-state index contributed by atoms with van der Waals surface area (Å²) in [5, 5.41) is 0. The van der Waals surface area contributed by atoms with Crippen LogP contribution in [0, 0.1) is 5.92 Å². The first-order valence-electron chi connectivity index (χ1n) is 7.44. The summed E-state index contributed by atoms with van der Waals surface area (Å²) in [7, 11) is 0. The molecule has 2 aromatic rings. The van der Waals surface area contributed by atoms with Crippen LogP contribution in [0.2, 0.25) is 0 Å². The van der Waals surface area contributed by atoms with Gasteiger partial charge in [-0.1, -0.05) is 46.3 Å². The molecule has 3 rings (SSSR count). The van der Waals surface area contributed by atoms with Gasteiger partial charge in [-0.15, -0.1) is 0 Å². The van der Waals surface area contributed by atoms with Crippen LogP contribution >= 0.6 is 15.9 Å². The Labute approximate surface area is 134 Å². The molecule has 0 bridgehead atoms. The summed E-state index contributed by atoms with van der Waals surface area (Å²) in [5.41, 5.74) is 9.94. The Morgan fingerprint density at radius 1 is 1.14 bits per heavy atom. The van der Waals surface area contributed by atoms with Gasteiger partial charge in [0.15, 0.2) is 0 Å². The van der Waals surface area contributed by atoms with Crippen molar-refractivity contribution in [2.75, 3.05) is 13.2 Å². The molecule has 2 nitrogen and oxygen atoms in total. The first-order chi connectivity index (χ1) is 10.3. The van der Waals surface area contributed by atoms with E-state index in [0.29, 0.717) is 12.5 Å². The topological polar surface area (TPSA) is 35.2 Å². The zero-order valence-electron chi connectivity index (χ0n) is 12.0. The molecule has 2 aromatic carbocycles. The number of hydrogen-bond donors (Lipinski definition) is 1. The first-order valence-corrected chi connectivity index (χ1v) is 8.23. The smallest absolute Gasteiger partial charge is 0.125 e. The van der Waals surface area contributed by atoms with Crippen molar-refractivity contribution in [3.8, 4) is 5.75 Å². The minimum atomic E-state index is 0.440. The summed E-state index contributed by atoms with van der Waals surface area (Å²) in [6, 6.07) is 14.9. The standard InChI is InChI=1S/C18H20BrNO/c19-17-10-15-6-7-21-18(15)16(11-17)9-14(12-20)8-13-4-2-1-3-5-13/h1-5,10-11,14H,6-9,12,20H2. The van der Waals surface area contributed by atoms with Crippen molar-refractivity contribution < 1.29 is 4.74 Å². The monoisotopic (exact) mass is 345 g/mol. The van der Waals surface area contributed by atoms with Gasteiger partial charge in [-0.2, -0.15) is 0 Å². The van der Waals surface area contributed by atoms with Gasteiger partial charge in [-0.3, -0.25) is 0 Å². The molecule has 0 spiro atoms. The molecule has 3 heteroatoms. The maximum atomic E-state index is 6.00. The normalized spacial score (nSPS) is 14.6. The number of ether oxygens (including phenoxy) is 1. The zero-order chi connectivity index (χ0) is 14.7. The number of nitrogens with two attached hydrogens (primary N) is 1. The Morgan fingerprint density at radius 3 is 2.71 bits per heavy atom. The van der Waals surface area contributed by atoms with Gasteiger partial charge in [0.05, 0.1) is 6.61 Å². The molecule has 0 radical (unpaired) electrons. The Bertz CT molecular complexity index is 612. The molecule has 0 amide bonds. The maximum Gasteiger partial charge on any atom is 0.125 e. The molecule has 1 heterocycles. The van der Waals surface area contributed by atoms with Gasteiger partial charge in [0, 0.05) is 10.9 Å². The van der Waals surface area contributed by atoms with E-state index in [1.807, 2.05) is 0 Å². The summed E-state index contributed by atoms with van der Waals surface area (Å²) in [6.07, 6.45) is 2.99. The molecule has 0 fully saturated rings. The quantitative estimate of drug-likeness (QED) is 0.895. The van der Waals surface area contributed by atoms with Crippen LogP contribution in [-0.4, -0.2) is 13.2 Å². The predicted octanol–water partition coefficient (Wildman–Crippen LogP) is 3.74. The van der Waals surface area contributed by atoms with E-state index in [1.165, 1.54) is 16.7 Å². The summed E-state index contributed by atoms with van der Waals surface area (Å²) in [4.78, 5) is 0. The average molecular weight is 346 g/mol. The lowest BCUT2D eigenvalue weighted by Crippen LogP contribution is -2.19. The lowest BCUT2D eigenvalue weighted by Gasteiger charge is -2.17. The first kappa shape index (κ1) is 14.6. The number of fused-ring (bicyclic) bond motifs is 1. The van der Waals surface area contributed by atoms with Crippen LogP contribution in [0.4, 0.5) is 0 Å². The van der Waals surface area contributed by atoms with Crippen molar-refractivity contribution >= 4 is 15.9 Å². The highest BCUT2D eigenvalue weighted by molar-refractivity contribution is 9.10. The number of rotatable bonds is 5. The molecular weight excluding hydrogens is 326 g/mol. The van der Waals surface area contributed by atoms with Crippen LogP contribution in [-0.2, 0) is 19.3 Å². The largest absolute Gasteiger partial charge is 0.493 e. The van der Waals surface area contributed by atoms with E-state index in [0.717, 1.165) is 36.1 Å². The lowest BCUT2D eigenvalue weighted by atomic mass is 9.91. The summed E-state index contributed by atoms with van der Waals surface area (Å²) >= 11 is 3.61. The maximum absolute atomic E-state index is 6.00. The van der Waals surface area contributed by atoms with Crippen molar-refractivity contribution in [2.24, 2.45) is 11.7 Å². The Kier molecular flexibility index (Phi) is 4.61. The highest BCUT2D eigenvalue weighted by Gasteiger charge is 2.20. The van der Waals surface area contributed by atoms with E-state index in [9.17, 15) is 0 Å². The Hall–Kier alpha value is -1.32. The van der Waals surface area contributed by atoms with Crippen molar-refractivity contribution in [3.05, 3.63) is 63.6 Å². The fourth-order valence-corrected chi connectivity index (χ4v) is 3.55. The molecule has 0 saturated heterocycles. The second-order valence-corrected chi connectivity index (χ2v) is 6.56. The molecule has 0 aromatic heterocycles. The molecule has 0 saturated carbocycles. The minimum absolute atomic E-state index is 0.440. The SMILES string of the molecule is NCC(Cc1ccccc1)Cc1cc(Br)cc2c1OCC2. The van der Waals surface area contributed by atoms with Crippen molar-refractivity contribution in [2.45, 2.75) is 19.3 Å². The third-order valence-corrected chi connectivity index (χ3v) is 4.49. The second kappa shape index (κ2) is 6.63. The molecule has 1 unspecified atom stereocenters. The fourth-order valence-electron chi connectivity index (χ4n) is 2.99. The Balaban J connectivity index is 1.78. The third kappa shape index (κ3) is 3.47. The van der Waals surface area contributed by atoms with E-state index >= 15 is 0 Å². The van der Waals surface area contributed by atoms with Gasteiger partial charge in [-0.25, -0.2) is 0 Å². The molecule has 110 valence electrons. The highest BCUT2D eigenvalue weighted by Crippen LogP contribution is 2.34. The fraction of sp³-hybridized carbons (Fsp3) is 0.333. The van der Waals surface area contributed by atoms with Gasteiger partial charge < -0.3 is 10.5 Å². The van der Waals surface area contributed by atoms with Crippen molar-refractivity contribution in [3.63, 3.8) is 0 Å². The molecule has 1 aliphatic rings. The van der Waals surface area contributed by atoms with Gasteiger partial charge in [-0.05, 0) is 54.1 Å². The Morgan fingerprint density at radius 2 is 1.95 bits per heavy atom. The molecular formula is C18H20BrNO. The van der Waals surface area contributed by atoms with E-state index in [2.05, 4.69) is 58.4 Å². The zero-order valence-corrected chi connectivity index (χ0v) is 13.6. The van der Waals surface area contributed by atoms with E-state index in [-0.39, 0.29) is 0 Å². The number of hydrogen-bond acceptors (Lipinski definition) is 2. The van der Waals surface area contributed by atoms with Crippen LogP contribution in [0.5, 0.6) is 5.75 Å². The van der Waals surface area contributed by atoms with Gasteiger partial charge in [0.2, 0.25) is 0 Å². The van der Waals surface area contributed by atoms with Gasteiger partial charge >= 0.3 is 0 Å². The summed E-state index contributed by atoms with van der Waals surface area (Å²) in [5.74, 6) is 1.53. The molecule has 1 atom stereocenters. The van der Waals surface area contributed by atoms with Crippen LogP contribution < -0.4 is 10.5 Å². The molecule has 1 aliphatic heterocycles. The molecule has 2 N–H and O–H groups in total. The van der Waals surface area contributed by atoms with Gasteiger partial charge in [0.1, 0.15) is 5.75 Å². The third-order valence-electron chi connectivity index (χ3n) is 4.03. The van der Waals surface area contributed by atoms with Crippen molar-refractivity contribution in [1.29, 1.82) is 0 Å². The van der Waals surface area contributed by atoms with Crippen LogP contribution in [0.15, 0.2) is 46.9 Å². The predicted molar refractivity (Wildman–Crippen MR) is 89.7 cm³/mol. The molecule has 21 heavy (non-hydrogen) atoms. The van der Waals surface area contributed by atoms with E-state index in [4.69, 9.17) is 10.5 Å². The number of halogens is 1. The lowest BCUT2D eigenvalue weighted by molar-refractivity contribution is 0.351. The minimum Gasteiger partial charge on any atom is -0.493 e. The van der Waals surface area contributed by atoms with Gasteiger partial charge in [0.25, 0.3) is 0 Å². The number of benzene rings is 2. The second-order valence-electron chi connectivity index (χ2n) is 5.65.